The summed E-state index contributed by atoms with van der Waals surface area (Å²) in [5, 5.41) is 0.173. The number of hydrogen-bond donors (Lipinski definition) is 1. The number of nitrogen functional groups attached to an aromatic ring is 1. The second-order valence-electron chi connectivity index (χ2n) is 4.22. The molecule has 0 aliphatic carbocycles. The molecule has 0 bridgehead atoms. The van der Waals surface area contributed by atoms with Crippen molar-refractivity contribution in [1.82, 2.24) is 0 Å². The highest BCUT2D eigenvalue weighted by Gasteiger charge is 2.17. The largest absolute Gasteiger partial charge is 0.398 e. The van der Waals surface area contributed by atoms with Gasteiger partial charge in [0, 0.05) is 4.47 Å². The number of halogens is 3. The zero-order chi connectivity index (χ0) is 14.9. The Morgan fingerprint density at radius 2 is 1.90 bits per heavy atom. The van der Waals surface area contributed by atoms with Crippen LogP contribution in [0, 0.1) is 5.82 Å². The average Bonchev–Trinajstić information content (AvgIpc) is 2.30. The van der Waals surface area contributed by atoms with Crippen molar-refractivity contribution in [3.05, 3.63) is 57.3 Å². The minimum Gasteiger partial charge on any atom is -0.398 e. The van der Waals surface area contributed by atoms with Crippen LogP contribution in [0.5, 0.6) is 0 Å². The topological polar surface area (TPSA) is 60.2 Å². The van der Waals surface area contributed by atoms with Crippen LogP contribution in [-0.2, 0) is 15.6 Å². The van der Waals surface area contributed by atoms with Crippen molar-refractivity contribution in [2.24, 2.45) is 0 Å². The minimum atomic E-state index is -3.61. The minimum absolute atomic E-state index is 0.0529. The van der Waals surface area contributed by atoms with E-state index in [2.05, 4.69) is 15.9 Å². The molecule has 0 fully saturated rings. The van der Waals surface area contributed by atoms with Gasteiger partial charge < -0.3 is 5.73 Å². The fourth-order valence-corrected chi connectivity index (χ4v) is 3.80. The molecule has 0 aliphatic heterocycles. The van der Waals surface area contributed by atoms with E-state index in [9.17, 15) is 12.8 Å². The number of sulfone groups is 1. The molecule has 0 atom stereocenters. The first-order valence-electron chi connectivity index (χ1n) is 5.51. The van der Waals surface area contributed by atoms with Crippen LogP contribution in [0.15, 0.2) is 45.8 Å². The van der Waals surface area contributed by atoms with E-state index in [1.165, 1.54) is 30.3 Å². The predicted molar refractivity (Wildman–Crippen MR) is 80.9 cm³/mol. The average molecular weight is 379 g/mol. The van der Waals surface area contributed by atoms with E-state index in [-0.39, 0.29) is 15.7 Å². The van der Waals surface area contributed by atoms with Crippen molar-refractivity contribution in [3.63, 3.8) is 0 Å². The molecule has 0 heterocycles. The number of hydrogen-bond acceptors (Lipinski definition) is 3. The Balaban J connectivity index is 2.37. The molecule has 2 rings (SSSR count). The summed E-state index contributed by atoms with van der Waals surface area (Å²) in [6, 6.07) is 8.10. The van der Waals surface area contributed by atoms with Crippen LogP contribution in [-0.4, -0.2) is 8.42 Å². The number of anilines is 1. The summed E-state index contributed by atoms with van der Waals surface area (Å²) >= 11 is 8.94. The quantitative estimate of drug-likeness (QED) is 0.827. The van der Waals surface area contributed by atoms with E-state index in [1.807, 2.05) is 0 Å². The van der Waals surface area contributed by atoms with Crippen LogP contribution >= 0.6 is 27.5 Å². The summed E-state index contributed by atoms with van der Waals surface area (Å²) in [4.78, 5) is 0.0529. The third-order valence-electron chi connectivity index (χ3n) is 2.61. The Kier molecular flexibility index (Phi) is 4.36. The summed E-state index contributed by atoms with van der Waals surface area (Å²) in [7, 11) is -3.61. The maximum atomic E-state index is 13.3. The molecular formula is C13H10BrClFNO2S. The smallest absolute Gasteiger partial charge is 0.182 e. The van der Waals surface area contributed by atoms with Crippen molar-refractivity contribution < 1.29 is 12.8 Å². The first-order valence-corrected chi connectivity index (χ1v) is 8.33. The second-order valence-corrected chi connectivity index (χ2v) is 7.53. The van der Waals surface area contributed by atoms with Crippen LogP contribution in [0.2, 0.25) is 5.02 Å². The molecule has 0 saturated heterocycles. The number of benzene rings is 2. The molecule has 3 nitrogen and oxygen atoms in total. The van der Waals surface area contributed by atoms with E-state index < -0.39 is 15.7 Å². The van der Waals surface area contributed by atoms with Gasteiger partial charge in [0.05, 0.1) is 21.4 Å². The van der Waals surface area contributed by atoms with Gasteiger partial charge in [-0.3, -0.25) is 0 Å². The van der Waals surface area contributed by atoms with Gasteiger partial charge in [-0.15, -0.1) is 0 Å². The van der Waals surface area contributed by atoms with Crippen molar-refractivity contribution in [2.45, 2.75) is 10.6 Å². The van der Waals surface area contributed by atoms with Gasteiger partial charge in [-0.05, 0) is 42.0 Å². The van der Waals surface area contributed by atoms with Crippen LogP contribution in [0.3, 0.4) is 0 Å². The summed E-state index contributed by atoms with van der Waals surface area (Å²) < 4.78 is 38.2. The Bertz CT molecular complexity index is 745. The van der Waals surface area contributed by atoms with Gasteiger partial charge in [0.25, 0.3) is 0 Å². The lowest BCUT2D eigenvalue weighted by molar-refractivity contribution is 0.594. The second kappa shape index (κ2) is 5.71. The maximum absolute atomic E-state index is 13.3. The summed E-state index contributed by atoms with van der Waals surface area (Å²) in [6.07, 6.45) is 0. The molecule has 0 spiro atoms. The molecule has 0 amide bonds. The number of nitrogens with two attached hydrogens (primary N) is 1. The first kappa shape index (κ1) is 15.3. The molecule has 0 aliphatic rings. The third kappa shape index (κ3) is 3.50. The van der Waals surface area contributed by atoms with Gasteiger partial charge in [-0.25, -0.2) is 12.8 Å². The van der Waals surface area contributed by atoms with Gasteiger partial charge in [0.2, 0.25) is 0 Å². The monoisotopic (exact) mass is 377 g/mol. The normalized spacial score (nSPS) is 11.6. The molecule has 0 radical (unpaired) electrons. The fourth-order valence-electron chi connectivity index (χ4n) is 1.70. The molecule has 0 saturated carbocycles. The van der Waals surface area contributed by atoms with Crippen molar-refractivity contribution in [3.8, 4) is 0 Å². The van der Waals surface area contributed by atoms with E-state index >= 15 is 0 Å². The third-order valence-corrected chi connectivity index (χ3v) is 5.08. The Labute approximate surface area is 129 Å². The Morgan fingerprint density at radius 1 is 1.20 bits per heavy atom. The Hall–Kier alpha value is -1.11. The zero-order valence-electron chi connectivity index (χ0n) is 10.1. The summed E-state index contributed by atoms with van der Waals surface area (Å²) in [6.45, 7) is 0. The molecule has 106 valence electrons. The van der Waals surface area contributed by atoms with Crippen LogP contribution < -0.4 is 5.73 Å². The first-order chi connectivity index (χ1) is 9.28. The van der Waals surface area contributed by atoms with Gasteiger partial charge >= 0.3 is 0 Å². The molecular weight excluding hydrogens is 369 g/mol. The molecule has 2 N–H and O–H groups in total. The van der Waals surface area contributed by atoms with E-state index in [0.717, 1.165) is 0 Å². The zero-order valence-corrected chi connectivity index (χ0v) is 13.3. The SMILES string of the molecule is Nc1ccc(S(=O)(=O)Cc2cc(F)cc(Br)c2)cc1Cl. The maximum Gasteiger partial charge on any atom is 0.182 e. The van der Waals surface area contributed by atoms with Crippen molar-refractivity contribution >= 4 is 43.1 Å². The molecule has 2 aromatic carbocycles. The lowest BCUT2D eigenvalue weighted by Gasteiger charge is -2.07. The lowest BCUT2D eigenvalue weighted by Crippen LogP contribution is -2.05. The van der Waals surface area contributed by atoms with Gasteiger partial charge in [-0.1, -0.05) is 27.5 Å². The molecule has 20 heavy (non-hydrogen) atoms. The highest BCUT2D eigenvalue weighted by atomic mass is 79.9. The Morgan fingerprint density at radius 3 is 2.50 bits per heavy atom. The lowest BCUT2D eigenvalue weighted by atomic mass is 10.2. The van der Waals surface area contributed by atoms with Crippen LogP contribution in [0.1, 0.15) is 5.56 Å². The van der Waals surface area contributed by atoms with Gasteiger partial charge in [0.1, 0.15) is 5.82 Å². The highest BCUT2D eigenvalue weighted by Crippen LogP contribution is 2.25. The van der Waals surface area contributed by atoms with Gasteiger partial charge in [-0.2, -0.15) is 0 Å². The van der Waals surface area contributed by atoms with E-state index in [0.29, 0.717) is 15.7 Å². The molecule has 2 aromatic rings. The highest BCUT2D eigenvalue weighted by molar-refractivity contribution is 9.10. The molecule has 0 aromatic heterocycles. The van der Waals surface area contributed by atoms with Gasteiger partial charge in [0.15, 0.2) is 9.84 Å². The summed E-state index contributed by atoms with van der Waals surface area (Å²) in [5.41, 5.74) is 6.20. The van der Waals surface area contributed by atoms with Crippen molar-refractivity contribution in [2.75, 3.05) is 5.73 Å². The van der Waals surface area contributed by atoms with Crippen LogP contribution in [0.25, 0.3) is 0 Å². The predicted octanol–water partition coefficient (Wildman–Crippen LogP) is 3.80. The fraction of sp³-hybridized carbons (Fsp3) is 0.0769. The van der Waals surface area contributed by atoms with Crippen LogP contribution in [0.4, 0.5) is 10.1 Å². The summed E-state index contributed by atoms with van der Waals surface area (Å²) in [5.74, 6) is -0.816. The molecule has 0 unspecified atom stereocenters. The standard InChI is InChI=1S/C13H10BrClFNO2S/c14-9-3-8(4-10(16)5-9)7-20(18,19)11-1-2-13(17)12(15)6-11/h1-6H,7,17H2. The van der Waals surface area contributed by atoms with E-state index in [1.54, 1.807) is 6.07 Å². The van der Waals surface area contributed by atoms with E-state index in [4.69, 9.17) is 17.3 Å². The number of rotatable bonds is 3. The van der Waals surface area contributed by atoms with Crippen molar-refractivity contribution in [1.29, 1.82) is 0 Å². The molecule has 7 heteroatoms.